The van der Waals surface area contributed by atoms with Crippen molar-refractivity contribution in [3.8, 4) is 11.5 Å². The Morgan fingerprint density at radius 2 is 1.83 bits per heavy atom. The summed E-state index contributed by atoms with van der Waals surface area (Å²) >= 11 is 0. The van der Waals surface area contributed by atoms with Gasteiger partial charge >= 0.3 is 11.9 Å². The molecule has 0 bridgehead atoms. The second kappa shape index (κ2) is 9.65. The van der Waals surface area contributed by atoms with Crippen molar-refractivity contribution in [1.29, 1.82) is 0 Å². The lowest BCUT2D eigenvalue weighted by molar-refractivity contribution is -0.138. The van der Waals surface area contributed by atoms with Gasteiger partial charge in [0.2, 0.25) is 5.76 Å². The lowest BCUT2D eigenvalue weighted by Gasteiger charge is -2.07. The Kier molecular flexibility index (Phi) is 6.75. The monoisotopic (exact) mass is 410 g/mol. The van der Waals surface area contributed by atoms with Crippen LogP contribution >= 0.6 is 0 Å². The fourth-order valence-electron chi connectivity index (χ4n) is 2.91. The number of fused-ring (bicyclic) bond motifs is 1. The van der Waals surface area contributed by atoms with Gasteiger partial charge < -0.3 is 23.4 Å². The molecule has 156 valence electrons. The Morgan fingerprint density at radius 3 is 2.57 bits per heavy atom. The topological polar surface area (TPSA) is 84.2 Å². The highest BCUT2D eigenvalue weighted by molar-refractivity contribution is 5.96. The molecule has 1 heterocycles. The minimum atomic E-state index is -0.599. The van der Waals surface area contributed by atoms with Crippen LogP contribution in [-0.4, -0.2) is 32.8 Å². The van der Waals surface area contributed by atoms with Crippen molar-refractivity contribution in [3.05, 3.63) is 65.4 Å². The number of furan rings is 1. The Morgan fingerprint density at radius 1 is 1.03 bits per heavy atom. The van der Waals surface area contributed by atoms with Crippen LogP contribution in [0.5, 0.6) is 11.5 Å². The molecule has 0 saturated heterocycles. The quantitative estimate of drug-likeness (QED) is 0.402. The Bertz CT molecular complexity index is 1080. The summed E-state index contributed by atoms with van der Waals surface area (Å²) in [6, 6.07) is 12.4. The van der Waals surface area contributed by atoms with E-state index >= 15 is 0 Å². The number of carbonyl (C=O) groups is 2. The number of methoxy groups -OCH3 is 2. The molecular formula is C23H22O7. The Hall–Kier alpha value is -3.74. The van der Waals surface area contributed by atoms with Gasteiger partial charge in [-0.2, -0.15) is 0 Å². The van der Waals surface area contributed by atoms with E-state index < -0.39 is 11.9 Å². The van der Waals surface area contributed by atoms with E-state index in [1.165, 1.54) is 13.2 Å². The maximum absolute atomic E-state index is 12.3. The number of ether oxygens (including phenoxy) is 4. The zero-order valence-corrected chi connectivity index (χ0v) is 17.0. The average molecular weight is 410 g/mol. The van der Waals surface area contributed by atoms with Gasteiger partial charge in [0.25, 0.3) is 0 Å². The summed E-state index contributed by atoms with van der Waals surface area (Å²) in [5, 5.41) is 0.689. The van der Waals surface area contributed by atoms with Crippen molar-refractivity contribution in [2.24, 2.45) is 0 Å². The average Bonchev–Trinajstić information content (AvgIpc) is 3.15. The summed E-state index contributed by atoms with van der Waals surface area (Å²) in [5.41, 5.74) is 1.68. The number of hydrogen-bond acceptors (Lipinski definition) is 7. The summed E-state index contributed by atoms with van der Waals surface area (Å²) in [4.78, 5) is 24.5. The van der Waals surface area contributed by atoms with Crippen molar-refractivity contribution >= 4 is 29.0 Å². The third-order valence-corrected chi connectivity index (χ3v) is 4.36. The number of rotatable bonds is 8. The first-order valence-electron chi connectivity index (χ1n) is 9.31. The molecule has 0 aliphatic heterocycles. The number of esters is 2. The van der Waals surface area contributed by atoms with Crippen molar-refractivity contribution in [2.45, 2.75) is 13.5 Å². The van der Waals surface area contributed by atoms with Crippen molar-refractivity contribution in [1.82, 2.24) is 0 Å². The van der Waals surface area contributed by atoms with E-state index in [2.05, 4.69) is 0 Å². The summed E-state index contributed by atoms with van der Waals surface area (Å²) in [6.07, 6.45) is 2.87. The van der Waals surface area contributed by atoms with Gasteiger partial charge in [-0.05, 0) is 31.2 Å². The molecule has 0 atom stereocenters. The Balaban J connectivity index is 1.76. The highest BCUT2D eigenvalue weighted by Gasteiger charge is 2.22. The molecule has 2 aromatic carbocycles. The van der Waals surface area contributed by atoms with E-state index in [-0.39, 0.29) is 19.0 Å². The summed E-state index contributed by atoms with van der Waals surface area (Å²) in [7, 11) is 3.09. The van der Waals surface area contributed by atoms with Crippen molar-refractivity contribution in [2.75, 3.05) is 20.8 Å². The molecule has 3 rings (SSSR count). The molecule has 0 aliphatic carbocycles. The van der Waals surface area contributed by atoms with Gasteiger partial charge in [0, 0.05) is 23.1 Å². The zero-order valence-electron chi connectivity index (χ0n) is 17.0. The van der Waals surface area contributed by atoms with E-state index in [4.69, 9.17) is 23.4 Å². The molecule has 0 fully saturated rings. The van der Waals surface area contributed by atoms with E-state index in [1.54, 1.807) is 56.5 Å². The highest BCUT2D eigenvalue weighted by atomic mass is 16.5. The predicted molar refractivity (Wildman–Crippen MR) is 111 cm³/mol. The van der Waals surface area contributed by atoms with Crippen LogP contribution in [0.1, 0.15) is 28.6 Å². The van der Waals surface area contributed by atoms with Gasteiger partial charge in [0.15, 0.2) is 0 Å². The summed E-state index contributed by atoms with van der Waals surface area (Å²) < 4.78 is 26.5. The molecule has 7 heteroatoms. The zero-order chi connectivity index (χ0) is 21.5. The normalized spacial score (nSPS) is 10.9. The SMILES string of the molecule is CCOC(=O)c1oc2ccccc2c1COC(=O)/C=C/c1ccc(OC)cc1OC. The number of hydrogen-bond donors (Lipinski definition) is 0. The lowest BCUT2D eigenvalue weighted by atomic mass is 10.1. The third-order valence-electron chi connectivity index (χ3n) is 4.36. The van der Waals surface area contributed by atoms with Crippen LogP contribution in [0.2, 0.25) is 0 Å². The van der Waals surface area contributed by atoms with Gasteiger partial charge in [0.1, 0.15) is 23.7 Å². The maximum atomic E-state index is 12.3. The van der Waals surface area contributed by atoms with E-state index in [0.29, 0.717) is 33.6 Å². The van der Waals surface area contributed by atoms with Crippen LogP contribution in [0.25, 0.3) is 17.0 Å². The molecular weight excluding hydrogens is 388 g/mol. The van der Waals surface area contributed by atoms with E-state index in [1.807, 2.05) is 6.07 Å². The summed E-state index contributed by atoms with van der Waals surface area (Å²) in [6.45, 7) is 1.79. The van der Waals surface area contributed by atoms with E-state index in [0.717, 1.165) is 0 Å². The third kappa shape index (κ3) is 4.63. The van der Waals surface area contributed by atoms with Crippen molar-refractivity contribution in [3.63, 3.8) is 0 Å². The number of carbonyl (C=O) groups excluding carboxylic acids is 2. The van der Waals surface area contributed by atoms with Gasteiger partial charge in [-0.15, -0.1) is 0 Å². The Labute approximate surface area is 173 Å². The largest absolute Gasteiger partial charge is 0.497 e. The smallest absolute Gasteiger partial charge is 0.374 e. The first kappa shape index (κ1) is 21.0. The second-order valence-corrected chi connectivity index (χ2v) is 6.18. The van der Waals surface area contributed by atoms with Crippen LogP contribution in [-0.2, 0) is 20.9 Å². The highest BCUT2D eigenvalue weighted by Crippen LogP contribution is 2.28. The molecule has 0 N–H and O–H groups in total. The standard InChI is InChI=1S/C23H22O7/c1-4-28-23(25)22-18(17-7-5-6-8-19(17)30-22)14-29-21(24)12-10-15-9-11-16(26-2)13-20(15)27-3/h5-13H,4,14H2,1-3H3/b12-10+. The lowest BCUT2D eigenvalue weighted by Crippen LogP contribution is -2.08. The first-order chi connectivity index (χ1) is 14.6. The number of para-hydroxylation sites is 1. The van der Waals surface area contributed by atoms with Crippen LogP contribution in [0.4, 0.5) is 0 Å². The van der Waals surface area contributed by atoms with E-state index in [9.17, 15) is 9.59 Å². The molecule has 0 amide bonds. The van der Waals surface area contributed by atoms with Crippen molar-refractivity contribution < 1.29 is 33.0 Å². The molecule has 1 aromatic heterocycles. The maximum Gasteiger partial charge on any atom is 0.374 e. The minimum absolute atomic E-state index is 0.0339. The fraction of sp³-hybridized carbons (Fsp3) is 0.217. The van der Waals surface area contributed by atoms with Gasteiger partial charge in [-0.1, -0.05) is 18.2 Å². The molecule has 0 radical (unpaired) electrons. The van der Waals surface area contributed by atoms with Gasteiger partial charge in [0.05, 0.1) is 26.4 Å². The van der Waals surface area contributed by atoms with Crippen LogP contribution in [0.3, 0.4) is 0 Å². The van der Waals surface area contributed by atoms with Crippen LogP contribution < -0.4 is 9.47 Å². The molecule has 0 saturated carbocycles. The summed E-state index contributed by atoms with van der Waals surface area (Å²) in [5.74, 6) is 0.0617. The van der Waals surface area contributed by atoms with Crippen LogP contribution in [0, 0.1) is 0 Å². The molecule has 0 spiro atoms. The molecule has 0 aliphatic rings. The predicted octanol–water partition coefficient (Wildman–Crippen LogP) is 4.38. The molecule has 30 heavy (non-hydrogen) atoms. The first-order valence-corrected chi connectivity index (χ1v) is 9.31. The second-order valence-electron chi connectivity index (χ2n) is 6.18. The van der Waals surface area contributed by atoms with Crippen LogP contribution in [0.15, 0.2) is 53.0 Å². The fourth-order valence-corrected chi connectivity index (χ4v) is 2.91. The number of benzene rings is 2. The molecule has 7 nitrogen and oxygen atoms in total. The van der Waals surface area contributed by atoms with Gasteiger partial charge in [-0.25, -0.2) is 9.59 Å². The molecule has 0 unspecified atom stereocenters. The van der Waals surface area contributed by atoms with Gasteiger partial charge in [-0.3, -0.25) is 0 Å². The molecule has 3 aromatic rings. The minimum Gasteiger partial charge on any atom is -0.497 e.